The fraction of sp³-hybridized carbons (Fsp3) is 0.333. The number of aromatic nitrogens is 2. The molecule has 0 saturated carbocycles. The molecular formula is C9H13N3O. The standard InChI is InChI=1S/C9H13N3O/c1-4-5-10-9(13)8-7(2)6-12(3)11-8/h4,6H,1,5H2,2-3H3,(H,10,13). The van der Waals surface area contributed by atoms with E-state index in [-0.39, 0.29) is 5.91 Å². The molecule has 1 N–H and O–H groups in total. The second kappa shape index (κ2) is 3.89. The van der Waals surface area contributed by atoms with Gasteiger partial charge in [-0.2, -0.15) is 5.10 Å². The van der Waals surface area contributed by atoms with Crippen molar-refractivity contribution in [2.75, 3.05) is 6.54 Å². The van der Waals surface area contributed by atoms with Gasteiger partial charge < -0.3 is 5.32 Å². The maximum absolute atomic E-state index is 11.4. The third kappa shape index (κ3) is 2.18. The summed E-state index contributed by atoms with van der Waals surface area (Å²) in [6.45, 7) is 5.84. The maximum atomic E-state index is 11.4. The van der Waals surface area contributed by atoms with E-state index in [2.05, 4.69) is 17.0 Å². The first-order chi connectivity index (χ1) is 6.15. The molecule has 0 spiro atoms. The summed E-state index contributed by atoms with van der Waals surface area (Å²) in [6.07, 6.45) is 3.44. The van der Waals surface area contributed by atoms with E-state index in [0.717, 1.165) is 5.56 Å². The molecule has 4 nitrogen and oxygen atoms in total. The Kier molecular flexibility index (Phi) is 2.84. The summed E-state index contributed by atoms with van der Waals surface area (Å²) in [4.78, 5) is 11.4. The molecule has 0 aliphatic carbocycles. The van der Waals surface area contributed by atoms with Gasteiger partial charge in [0.25, 0.3) is 5.91 Å². The monoisotopic (exact) mass is 179 g/mol. The predicted molar refractivity (Wildman–Crippen MR) is 50.5 cm³/mol. The molecule has 4 heteroatoms. The van der Waals surface area contributed by atoms with Crippen LogP contribution in [0.25, 0.3) is 0 Å². The normalized spacial score (nSPS) is 9.69. The number of nitrogens with zero attached hydrogens (tertiary/aromatic N) is 2. The van der Waals surface area contributed by atoms with Crippen LogP contribution in [0, 0.1) is 6.92 Å². The number of amides is 1. The first-order valence-corrected chi connectivity index (χ1v) is 4.04. The van der Waals surface area contributed by atoms with Gasteiger partial charge in [0, 0.05) is 25.4 Å². The van der Waals surface area contributed by atoms with E-state index >= 15 is 0 Å². The van der Waals surface area contributed by atoms with E-state index in [0.29, 0.717) is 12.2 Å². The molecule has 0 saturated heterocycles. The number of hydrogen-bond donors (Lipinski definition) is 1. The molecule has 1 aromatic rings. The predicted octanol–water partition coefficient (Wildman–Crippen LogP) is 0.644. The number of carbonyl (C=O) groups excluding carboxylic acids is 1. The summed E-state index contributed by atoms with van der Waals surface area (Å²) in [7, 11) is 1.79. The minimum atomic E-state index is -0.155. The van der Waals surface area contributed by atoms with Crippen LogP contribution in [-0.4, -0.2) is 22.2 Å². The topological polar surface area (TPSA) is 46.9 Å². The van der Waals surface area contributed by atoms with Gasteiger partial charge in [0.05, 0.1) is 0 Å². The lowest BCUT2D eigenvalue weighted by Crippen LogP contribution is -2.24. The molecule has 0 aromatic carbocycles. The van der Waals surface area contributed by atoms with Crippen molar-refractivity contribution >= 4 is 5.91 Å². The second-order valence-corrected chi connectivity index (χ2v) is 2.83. The van der Waals surface area contributed by atoms with Gasteiger partial charge in [0.1, 0.15) is 0 Å². The Labute approximate surface area is 77.3 Å². The van der Waals surface area contributed by atoms with Crippen molar-refractivity contribution < 1.29 is 4.79 Å². The van der Waals surface area contributed by atoms with Gasteiger partial charge in [0.15, 0.2) is 5.69 Å². The van der Waals surface area contributed by atoms with E-state index in [4.69, 9.17) is 0 Å². The molecule has 70 valence electrons. The molecule has 0 fully saturated rings. The molecule has 1 rings (SSSR count). The van der Waals surface area contributed by atoms with Crippen molar-refractivity contribution in [2.24, 2.45) is 7.05 Å². The smallest absolute Gasteiger partial charge is 0.272 e. The zero-order valence-corrected chi connectivity index (χ0v) is 7.87. The highest BCUT2D eigenvalue weighted by Crippen LogP contribution is 2.03. The summed E-state index contributed by atoms with van der Waals surface area (Å²) >= 11 is 0. The summed E-state index contributed by atoms with van der Waals surface area (Å²) in [5, 5.41) is 6.70. The lowest BCUT2D eigenvalue weighted by molar-refractivity contribution is 0.0952. The first-order valence-electron chi connectivity index (χ1n) is 4.04. The Morgan fingerprint density at radius 2 is 2.54 bits per heavy atom. The lowest BCUT2D eigenvalue weighted by Gasteiger charge is -1.98. The van der Waals surface area contributed by atoms with Crippen molar-refractivity contribution in [1.82, 2.24) is 15.1 Å². The highest BCUT2D eigenvalue weighted by Gasteiger charge is 2.11. The van der Waals surface area contributed by atoms with Crippen LogP contribution in [0.2, 0.25) is 0 Å². The summed E-state index contributed by atoms with van der Waals surface area (Å²) < 4.78 is 1.62. The van der Waals surface area contributed by atoms with E-state index in [9.17, 15) is 4.79 Å². The van der Waals surface area contributed by atoms with Crippen molar-refractivity contribution in [2.45, 2.75) is 6.92 Å². The van der Waals surface area contributed by atoms with Crippen LogP contribution in [0.3, 0.4) is 0 Å². The van der Waals surface area contributed by atoms with Gasteiger partial charge in [-0.05, 0) is 6.92 Å². The van der Waals surface area contributed by atoms with Gasteiger partial charge in [-0.15, -0.1) is 6.58 Å². The van der Waals surface area contributed by atoms with E-state index in [1.807, 2.05) is 13.1 Å². The van der Waals surface area contributed by atoms with Gasteiger partial charge in [-0.3, -0.25) is 9.48 Å². The number of hydrogen-bond acceptors (Lipinski definition) is 2. The molecule has 0 atom stereocenters. The van der Waals surface area contributed by atoms with Gasteiger partial charge in [0.2, 0.25) is 0 Å². The van der Waals surface area contributed by atoms with Gasteiger partial charge in [-0.25, -0.2) is 0 Å². The van der Waals surface area contributed by atoms with Crippen molar-refractivity contribution in [3.63, 3.8) is 0 Å². The number of rotatable bonds is 3. The second-order valence-electron chi connectivity index (χ2n) is 2.83. The average Bonchev–Trinajstić information content (AvgIpc) is 2.41. The zero-order valence-electron chi connectivity index (χ0n) is 7.87. The molecule has 13 heavy (non-hydrogen) atoms. The molecule has 0 aliphatic rings. The molecule has 0 radical (unpaired) electrons. The molecule has 1 aromatic heterocycles. The SMILES string of the molecule is C=CCNC(=O)c1nn(C)cc1C. The summed E-state index contributed by atoms with van der Waals surface area (Å²) in [5.41, 5.74) is 1.36. The van der Waals surface area contributed by atoms with Crippen molar-refractivity contribution in [1.29, 1.82) is 0 Å². The molecule has 1 heterocycles. The number of carbonyl (C=O) groups is 1. The van der Waals surface area contributed by atoms with Crippen LogP contribution in [0.1, 0.15) is 16.1 Å². The van der Waals surface area contributed by atoms with Gasteiger partial charge in [-0.1, -0.05) is 6.08 Å². The Morgan fingerprint density at radius 1 is 1.85 bits per heavy atom. The largest absolute Gasteiger partial charge is 0.347 e. The Bertz CT molecular complexity index is 328. The van der Waals surface area contributed by atoms with Crippen LogP contribution in [-0.2, 0) is 7.05 Å². The molecule has 1 amide bonds. The molecular weight excluding hydrogens is 166 g/mol. The van der Waals surface area contributed by atoms with Crippen LogP contribution < -0.4 is 5.32 Å². The average molecular weight is 179 g/mol. The van der Waals surface area contributed by atoms with Crippen LogP contribution in [0.4, 0.5) is 0 Å². The number of aryl methyl sites for hydroxylation is 2. The third-order valence-corrected chi connectivity index (χ3v) is 1.63. The fourth-order valence-corrected chi connectivity index (χ4v) is 1.08. The van der Waals surface area contributed by atoms with Gasteiger partial charge >= 0.3 is 0 Å². The highest BCUT2D eigenvalue weighted by atomic mass is 16.1. The van der Waals surface area contributed by atoms with Crippen LogP contribution >= 0.6 is 0 Å². The Morgan fingerprint density at radius 3 is 3.00 bits per heavy atom. The minimum absolute atomic E-state index is 0.155. The van der Waals surface area contributed by atoms with E-state index in [1.54, 1.807) is 17.8 Å². The Balaban J connectivity index is 2.76. The summed E-state index contributed by atoms with van der Waals surface area (Å²) in [5.74, 6) is -0.155. The minimum Gasteiger partial charge on any atom is -0.347 e. The molecule has 0 bridgehead atoms. The van der Waals surface area contributed by atoms with Crippen molar-refractivity contribution in [3.05, 3.63) is 30.1 Å². The Hall–Kier alpha value is -1.58. The summed E-state index contributed by atoms with van der Waals surface area (Å²) in [6, 6.07) is 0. The number of nitrogens with one attached hydrogen (secondary N) is 1. The van der Waals surface area contributed by atoms with E-state index < -0.39 is 0 Å². The third-order valence-electron chi connectivity index (χ3n) is 1.63. The quantitative estimate of drug-likeness (QED) is 0.692. The molecule has 0 unspecified atom stereocenters. The maximum Gasteiger partial charge on any atom is 0.272 e. The van der Waals surface area contributed by atoms with Crippen LogP contribution in [0.15, 0.2) is 18.9 Å². The zero-order chi connectivity index (χ0) is 9.84. The highest BCUT2D eigenvalue weighted by molar-refractivity contribution is 5.93. The van der Waals surface area contributed by atoms with Crippen LogP contribution in [0.5, 0.6) is 0 Å². The van der Waals surface area contributed by atoms with E-state index in [1.165, 1.54) is 0 Å². The first kappa shape index (κ1) is 9.51. The lowest BCUT2D eigenvalue weighted by atomic mass is 10.2. The van der Waals surface area contributed by atoms with Crippen molar-refractivity contribution in [3.8, 4) is 0 Å². The fourth-order valence-electron chi connectivity index (χ4n) is 1.08. The molecule has 0 aliphatic heterocycles.